The van der Waals surface area contributed by atoms with Crippen LogP contribution >= 0.6 is 11.6 Å². The highest BCUT2D eigenvalue weighted by atomic mass is 35.5. The van der Waals surface area contributed by atoms with E-state index in [2.05, 4.69) is 24.2 Å². The van der Waals surface area contributed by atoms with Crippen LogP contribution in [-0.2, 0) is 18.3 Å². The Bertz CT molecular complexity index is 576. The lowest BCUT2D eigenvalue weighted by Gasteiger charge is -2.33. The van der Waals surface area contributed by atoms with Crippen LogP contribution in [-0.4, -0.2) is 5.16 Å². The Labute approximate surface area is 111 Å². The fraction of sp³-hybridized carbons (Fsp3) is 0.357. The van der Waals surface area contributed by atoms with Gasteiger partial charge in [0.1, 0.15) is 0 Å². The zero-order chi connectivity index (χ0) is 12.8. The van der Waals surface area contributed by atoms with Gasteiger partial charge in [-0.2, -0.15) is 0 Å². The van der Waals surface area contributed by atoms with Gasteiger partial charge in [-0.25, -0.2) is 0 Å². The number of nitrogens with zero attached hydrogens (tertiary/aromatic N) is 1. The average Bonchev–Trinajstić information content (AvgIpc) is 2.71. The number of fused-ring (bicyclic) bond motifs is 1. The maximum Gasteiger partial charge on any atom is 0.225 e. The molecule has 1 aliphatic rings. The Kier molecular flexibility index (Phi) is 2.59. The van der Waals surface area contributed by atoms with E-state index in [1.54, 1.807) is 0 Å². The molecule has 0 fully saturated rings. The molecule has 1 aliphatic carbocycles. The zero-order valence-corrected chi connectivity index (χ0v) is 11.0. The first-order valence-corrected chi connectivity index (χ1v) is 6.45. The van der Waals surface area contributed by atoms with Crippen molar-refractivity contribution in [2.75, 3.05) is 5.73 Å². The fourth-order valence-electron chi connectivity index (χ4n) is 2.72. The molecule has 3 rings (SSSR count). The van der Waals surface area contributed by atoms with Crippen LogP contribution in [0.1, 0.15) is 30.2 Å². The first-order chi connectivity index (χ1) is 8.58. The molecule has 1 heterocycles. The van der Waals surface area contributed by atoms with Gasteiger partial charge >= 0.3 is 0 Å². The van der Waals surface area contributed by atoms with E-state index in [1.807, 2.05) is 12.1 Å². The molecule has 3 nitrogen and oxygen atoms in total. The summed E-state index contributed by atoms with van der Waals surface area (Å²) in [5.41, 5.74) is 9.22. The van der Waals surface area contributed by atoms with Gasteiger partial charge in [-0.1, -0.05) is 35.8 Å². The minimum Gasteiger partial charge on any atom is -0.367 e. The lowest BCUT2D eigenvalue weighted by molar-refractivity contribution is 0.384. The summed E-state index contributed by atoms with van der Waals surface area (Å²) in [6, 6.07) is 8.07. The molecule has 1 aromatic heterocycles. The molecule has 1 unspecified atom stereocenters. The van der Waals surface area contributed by atoms with Crippen LogP contribution in [0.4, 0.5) is 5.88 Å². The average molecular weight is 263 g/mol. The molecule has 0 spiro atoms. The second-order valence-electron chi connectivity index (χ2n) is 5.22. The predicted octanol–water partition coefficient (Wildman–Crippen LogP) is 3.36. The van der Waals surface area contributed by atoms with Gasteiger partial charge in [-0.05, 0) is 36.0 Å². The van der Waals surface area contributed by atoms with Crippen molar-refractivity contribution in [2.24, 2.45) is 0 Å². The van der Waals surface area contributed by atoms with Crippen LogP contribution < -0.4 is 5.73 Å². The van der Waals surface area contributed by atoms with E-state index in [1.165, 1.54) is 5.56 Å². The summed E-state index contributed by atoms with van der Waals surface area (Å²) < 4.78 is 5.07. The molecule has 0 aliphatic heterocycles. The standard InChI is InChI=1S/C14H15ClN2O/c1-14(9-2-4-10(15)5-3-9)7-6-11-12(8-14)17-18-13(11)16/h2-5H,6-8,16H2,1H3. The number of rotatable bonds is 1. The molecule has 0 radical (unpaired) electrons. The largest absolute Gasteiger partial charge is 0.367 e. The van der Waals surface area contributed by atoms with Crippen molar-refractivity contribution in [1.29, 1.82) is 0 Å². The van der Waals surface area contributed by atoms with E-state index >= 15 is 0 Å². The lowest BCUT2D eigenvalue weighted by atomic mass is 9.70. The van der Waals surface area contributed by atoms with Crippen molar-refractivity contribution in [3.63, 3.8) is 0 Å². The zero-order valence-electron chi connectivity index (χ0n) is 10.2. The number of aromatic nitrogens is 1. The summed E-state index contributed by atoms with van der Waals surface area (Å²) in [6.07, 6.45) is 2.83. The van der Waals surface area contributed by atoms with E-state index in [0.29, 0.717) is 5.88 Å². The van der Waals surface area contributed by atoms with E-state index in [-0.39, 0.29) is 5.41 Å². The molecule has 1 atom stereocenters. The van der Waals surface area contributed by atoms with E-state index < -0.39 is 0 Å². The number of hydrogen-bond donors (Lipinski definition) is 1. The molecule has 0 saturated heterocycles. The molecular weight excluding hydrogens is 248 g/mol. The van der Waals surface area contributed by atoms with Crippen LogP contribution in [0.3, 0.4) is 0 Å². The van der Waals surface area contributed by atoms with Crippen LogP contribution in [0.15, 0.2) is 28.8 Å². The van der Waals surface area contributed by atoms with Crippen LogP contribution in [0, 0.1) is 0 Å². The molecule has 0 amide bonds. The van der Waals surface area contributed by atoms with Gasteiger partial charge in [0.15, 0.2) is 0 Å². The van der Waals surface area contributed by atoms with Crippen molar-refractivity contribution in [2.45, 2.75) is 31.6 Å². The molecule has 94 valence electrons. The molecule has 2 aromatic rings. The molecule has 18 heavy (non-hydrogen) atoms. The van der Waals surface area contributed by atoms with Crippen molar-refractivity contribution in [3.05, 3.63) is 46.1 Å². The van der Waals surface area contributed by atoms with Gasteiger partial charge in [0, 0.05) is 17.0 Å². The van der Waals surface area contributed by atoms with Crippen LogP contribution in [0.25, 0.3) is 0 Å². The Morgan fingerprint density at radius 2 is 2.06 bits per heavy atom. The molecule has 0 bridgehead atoms. The van der Waals surface area contributed by atoms with Crippen molar-refractivity contribution in [1.82, 2.24) is 5.16 Å². The minimum atomic E-state index is 0.0842. The minimum absolute atomic E-state index is 0.0842. The highest BCUT2D eigenvalue weighted by Crippen LogP contribution is 2.39. The number of anilines is 1. The SMILES string of the molecule is CC1(c2ccc(Cl)cc2)CCc2c(noc2N)C1. The summed E-state index contributed by atoms with van der Waals surface area (Å²) in [6.45, 7) is 2.25. The van der Waals surface area contributed by atoms with Gasteiger partial charge in [0.25, 0.3) is 0 Å². The van der Waals surface area contributed by atoms with Crippen molar-refractivity contribution < 1.29 is 4.52 Å². The highest BCUT2D eigenvalue weighted by molar-refractivity contribution is 6.30. The predicted molar refractivity (Wildman–Crippen MR) is 71.7 cm³/mol. The van der Waals surface area contributed by atoms with Gasteiger partial charge in [0.05, 0.1) is 5.69 Å². The summed E-state index contributed by atoms with van der Waals surface area (Å²) in [5.74, 6) is 0.475. The third-order valence-electron chi connectivity index (χ3n) is 3.93. The first-order valence-electron chi connectivity index (χ1n) is 6.07. The third-order valence-corrected chi connectivity index (χ3v) is 4.18. The summed E-state index contributed by atoms with van der Waals surface area (Å²) >= 11 is 5.94. The number of nitrogen functional groups attached to an aromatic ring is 1. The molecule has 1 aromatic carbocycles. The number of halogens is 1. The van der Waals surface area contributed by atoms with Gasteiger partial charge in [-0.3, -0.25) is 0 Å². The topological polar surface area (TPSA) is 52.0 Å². The van der Waals surface area contributed by atoms with Gasteiger partial charge in [0.2, 0.25) is 5.88 Å². The van der Waals surface area contributed by atoms with Gasteiger partial charge < -0.3 is 10.3 Å². The first kappa shape index (κ1) is 11.6. The van der Waals surface area contributed by atoms with Gasteiger partial charge in [-0.15, -0.1) is 0 Å². The summed E-state index contributed by atoms with van der Waals surface area (Å²) in [5, 5.41) is 4.84. The van der Waals surface area contributed by atoms with Crippen LogP contribution in [0.5, 0.6) is 0 Å². The molecule has 4 heteroatoms. The number of benzene rings is 1. The monoisotopic (exact) mass is 262 g/mol. The Hall–Kier alpha value is -1.48. The number of hydrogen-bond acceptors (Lipinski definition) is 3. The van der Waals surface area contributed by atoms with E-state index in [9.17, 15) is 0 Å². The Balaban J connectivity index is 1.96. The maximum absolute atomic E-state index is 5.94. The summed E-state index contributed by atoms with van der Waals surface area (Å²) in [7, 11) is 0. The second-order valence-corrected chi connectivity index (χ2v) is 5.65. The summed E-state index contributed by atoms with van der Waals surface area (Å²) in [4.78, 5) is 0. The third kappa shape index (κ3) is 1.79. The lowest BCUT2D eigenvalue weighted by Crippen LogP contribution is -2.30. The smallest absolute Gasteiger partial charge is 0.225 e. The molecular formula is C14H15ClN2O. The van der Waals surface area contributed by atoms with E-state index in [4.69, 9.17) is 21.9 Å². The highest BCUT2D eigenvalue weighted by Gasteiger charge is 2.34. The molecule has 2 N–H and O–H groups in total. The second kappa shape index (κ2) is 4.02. The fourth-order valence-corrected chi connectivity index (χ4v) is 2.85. The number of nitrogens with two attached hydrogens (primary N) is 1. The normalized spacial score (nSPS) is 22.8. The maximum atomic E-state index is 5.94. The van der Waals surface area contributed by atoms with Crippen molar-refractivity contribution >= 4 is 17.5 Å². The van der Waals surface area contributed by atoms with E-state index in [0.717, 1.165) is 35.5 Å². The van der Waals surface area contributed by atoms with Crippen LogP contribution in [0.2, 0.25) is 5.02 Å². The van der Waals surface area contributed by atoms with Crippen molar-refractivity contribution in [3.8, 4) is 0 Å². The quantitative estimate of drug-likeness (QED) is 0.857. The Morgan fingerprint density at radius 1 is 1.33 bits per heavy atom. The Morgan fingerprint density at radius 3 is 2.78 bits per heavy atom. The molecule has 0 saturated carbocycles.